The Morgan fingerprint density at radius 1 is 1.36 bits per heavy atom. The summed E-state index contributed by atoms with van der Waals surface area (Å²) < 4.78 is 16.6. The quantitative estimate of drug-likeness (QED) is 0.798. The summed E-state index contributed by atoms with van der Waals surface area (Å²) in [5.74, 6) is 1.60. The van der Waals surface area contributed by atoms with Gasteiger partial charge in [0.1, 0.15) is 13.2 Å². The molecule has 5 heteroatoms. The number of ether oxygens (including phenoxy) is 3. The van der Waals surface area contributed by atoms with Crippen LogP contribution in [0.2, 0.25) is 0 Å². The second-order valence-corrected chi connectivity index (χ2v) is 5.77. The van der Waals surface area contributed by atoms with Gasteiger partial charge in [0.25, 0.3) is 0 Å². The lowest BCUT2D eigenvalue weighted by Crippen LogP contribution is -2.39. The van der Waals surface area contributed by atoms with Crippen LogP contribution in [-0.4, -0.2) is 43.8 Å². The predicted molar refractivity (Wildman–Crippen MR) is 82.1 cm³/mol. The molecule has 0 aliphatic carbocycles. The van der Waals surface area contributed by atoms with Crippen molar-refractivity contribution in [3.8, 4) is 11.5 Å². The standard InChI is InChI=1S/C17H23NO4/c1-2-20-17(19)14-6-4-8-18(12-14)11-13-5-3-7-15-16(13)22-10-9-21-15/h3,5,7,14H,2,4,6,8-12H2,1H3/t14-/m1/s1. The Labute approximate surface area is 131 Å². The van der Waals surface area contributed by atoms with E-state index in [-0.39, 0.29) is 11.9 Å². The van der Waals surface area contributed by atoms with Gasteiger partial charge in [-0.3, -0.25) is 9.69 Å². The number of hydrogen-bond donors (Lipinski definition) is 0. The summed E-state index contributed by atoms with van der Waals surface area (Å²) in [6.07, 6.45) is 1.94. The number of carbonyl (C=O) groups is 1. The molecule has 2 aliphatic rings. The van der Waals surface area contributed by atoms with Crippen molar-refractivity contribution in [2.45, 2.75) is 26.3 Å². The van der Waals surface area contributed by atoms with E-state index in [1.807, 2.05) is 19.1 Å². The highest BCUT2D eigenvalue weighted by molar-refractivity contribution is 5.72. The molecular formula is C17H23NO4. The third-order valence-corrected chi connectivity index (χ3v) is 4.17. The molecule has 1 saturated heterocycles. The second-order valence-electron chi connectivity index (χ2n) is 5.77. The van der Waals surface area contributed by atoms with Gasteiger partial charge in [0.05, 0.1) is 12.5 Å². The molecule has 0 aromatic heterocycles. The van der Waals surface area contributed by atoms with Crippen molar-refractivity contribution in [2.24, 2.45) is 5.92 Å². The van der Waals surface area contributed by atoms with E-state index in [0.29, 0.717) is 19.8 Å². The molecule has 0 saturated carbocycles. The maximum Gasteiger partial charge on any atom is 0.310 e. The molecule has 2 aliphatic heterocycles. The molecule has 1 aromatic carbocycles. The van der Waals surface area contributed by atoms with Crippen LogP contribution >= 0.6 is 0 Å². The first kappa shape index (κ1) is 15.2. The Kier molecular flexibility index (Phi) is 4.83. The van der Waals surface area contributed by atoms with E-state index in [9.17, 15) is 4.79 Å². The highest BCUT2D eigenvalue weighted by Crippen LogP contribution is 2.34. The van der Waals surface area contributed by atoms with Crippen molar-refractivity contribution in [3.05, 3.63) is 23.8 Å². The van der Waals surface area contributed by atoms with Crippen LogP contribution in [0.15, 0.2) is 18.2 Å². The molecule has 1 aromatic rings. The molecule has 1 atom stereocenters. The van der Waals surface area contributed by atoms with E-state index in [4.69, 9.17) is 14.2 Å². The number of piperidine rings is 1. The fourth-order valence-electron chi connectivity index (χ4n) is 3.15. The van der Waals surface area contributed by atoms with Crippen molar-refractivity contribution in [1.29, 1.82) is 0 Å². The first-order valence-electron chi connectivity index (χ1n) is 8.04. The van der Waals surface area contributed by atoms with Crippen LogP contribution in [0.4, 0.5) is 0 Å². The Morgan fingerprint density at radius 3 is 3.09 bits per heavy atom. The summed E-state index contributed by atoms with van der Waals surface area (Å²) in [6.45, 7) is 6.03. The van der Waals surface area contributed by atoms with E-state index < -0.39 is 0 Å². The lowest BCUT2D eigenvalue weighted by Gasteiger charge is -2.32. The van der Waals surface area contributed by atoms with Gasteiger partial charge < -0.3 is 14.2 Å². The van der Waals surface area contributed by atoms with Crippen LogP contribution < -0.4 is 9.47 Å². The third-order valence-electron chi connectivity index (χ3n) is 4.17. The van der Waals surface area contributed by atoms with Crippen molar-refractivity contribution in [1.82, 2.24) is 4.90 Å². The van der Waals surface area contributed by atoms with Gasteiger partial charge in [0.2, 0.25) is 0 Å². The maximum absolute atomic E-state index is 11.9. The molecule has 3 rings (SSSR count). The molecule has 0 spiro atoms. The maximum atomic E-state index is 11.9. The van der Waals surface area contributed by atoms with E-state index in [1.165, 1.54) is 0 Å². The SMILES string of the molecule is CCOC(=O)[C@@H]1CCCN(Cc2cccc3c2OCCO3)C1. The lowest BCUT2D eigenvalue weighted by molar-refractivity contribution is -0.150. The summed E-state index contributed by atoms with van der Waals surface area (Å²) in [5.41, 5.74) is 1.13. The normalized spacial score (nSPS) is 21.4. The average molecular weight is 305 g/mol. The van der Waals surface area contributed by atoms with Gasteiger partial charge in [-0.15, -0.1) is 0 Å². The van der Waals surface area contributed by atoms with Gasteiger partial charge in [-0.25, -0.2) is 0 Å². The molecule has 120 valence electrons. The monoisotopic (exact) mass is 305 g/mol. The average Bonchev–Trinajstić information content (AvgIpc) is 2.56. The zero-order valence-corrected chi connectivity index (χ0v) is 13.0. The van der Waals surface area contributed by atoms with E-state index in [0.717, 1.165) is 49.5 Å². The number of benzene rings is 1. The Bertz CT molecular complexity index is 531. The van der Waals surface area contributed by atoms with Crippen LogP contribution in [0.25, 0.3) is 0 Å². The molecule has 22 heavy (non-hydrogen) atoms. The van der Waals surface area contributed by atoms with E-state index in [1.54, 1.807) is 0 Å². The molecule has 0 amide bonds. The fourth-order valence-corrected chi connectivity index (χ4v) is 3.15. The number of likely N-dealkylation sites (tertiary alicyclic amines) is 1. The van der Waals surface area contributed by atoms with E-state index in [2.05, 4.69) is 11.0 Å². The molecule has 0 unspecified atom stereocenters. The van der Waals surface area contributed by atoms with Crippen molar-refractivity contribution in [3.63, 3.8) is 0 Å². The van der Waals surface area contributed by atoms with Gasteiger partial charge >= 0.3 is 5.97 Å². The zero-order chi connectivity index (χ0) is 15.4. The molecule has 0 N–H and O–H groups in total. The minimum Gasteiger partial charge on any atom is -0.486 e. The van der Waals surface area contributed by atoms with Gasteiger partial charge in [-0.2, -0.15) is 0 Å². The molecular weight excluding hydrogens is 282 g/mol. The molecule has 5 nitrogen and oxygen atoms in total. The van der Waals surface area contributed by atoms with Gasteiger partial charge in [0, 0.05) is 18.7 Å². The summed E-state index contributed by atoms with van der Waals surface area (Å²) >= 11 is 0. The summed E-state index contributed by atoms with van der Waals surface area (Å²) in [7, 11) is 0. The van der Waals surface area contributed by atoms with Crippen molar-refractivity contribution >= 4 is 5.97 Å². The number of para-hydroxylation sites is 1. The molecule has 0 radical (unpaired) electrons. The smallest absolute Gasteiger partial charge is 0.310 e. The number of fused-ring (bicyclic) bond motifs is 1. The summed E-state index contributed by atoms with van der Waals surface area (Å²) in [5, 5.41) is 0. The van der Waals surface area contributed by atoms with Gasteiger partial charge in [-0.05, 0) is 32.4 Å². The van der Waals surface area contributed by atoms with E-state index >= 15 is 0 Å². The number of hydrogen-bond acceptors (Lipinski definition) is 5. The van der Waals surface area contributed by atoms with Gasteiger partial charge in [0.15, 0.2) is 11.5 Å². The van der Waals surface area contributed by atoms with Crippen LogP contribution in [0, 0.1) is 5.92 Å². The zero-order valence-electron chi connectivity index (χ0n) is 13.0. The first-order chi connectivity index (χ1) is 10.8. The van der Waals surface area contributed by atoms with Crippen LogP contribution in [-0.2, 0) is 16.1 Å². The highest BCUT2D eigenvalue weighted by Gasteiger charge is 2.27. The van der Waals surface area contributed by atoms with Crippen LogP contribution in [0.3, 0.4) is 0 Å². The highest BCUT2D eigenvalue weighted by atomic mass is 16.6. The largest absolute Gasteiger partial charge is 0.486 e. The van der Waals surface area contributed by atoms with Crippen LogP contribution in [0.5, 0.6) is 11.5 Å². The first-order valence-corrected chi connectivity index (χ1v) is 8.04. The number of rotatable bonds is 4. The molecule has 2 heterocycles. The predicted octanol–water partition coefficient (Wildman–Crippen LogP) is 2.23. The summed E-state index contributed by atoms with van der Waals surface area (Å²) in [6, 6.07) is 6.01. The van der Waals surface area contributed by atoms with Gasteiger partial charge in [-0.1, -0.05) is 12.1 Å². The van der Waals surface area contributed by atoms with Crippen molar-refractivity contribution in [2.75, 3.05) is 32.9 Å². The number of esters is 1. The Hall–Kier alpha value is -1.75. The minimum absolute atomic E-state index is 0.00888. The second kappa shape index (κ2) is 7.01. The number of nitrogens with zero attached hydrogens (tertiary/aromatic N) is 1. The molecule has 1 fully saturated rings. The number of carbonyl (C=O) groups excluding carboxylic acids is 1. The fraction of sp³-hybridized carbons (Fsp3) is 0.588. The molecule has 0 bridgehead atoms. The Morgan fingerprint density at radius 2 is 2.23 bits per heavy atom. The third kappa shape index (κ3) is 3.35. The van der Waals surface area contributed by atoms with Crippen LogP contribution in [0.1, 0.15) is 25.3 Å². The summed E-state index contributed by atoms with van der Waals surface area (Å²) in [4.78, 5) is 14.2. The lowest BCUT2D eigenvalue weighted by atomic mass is 9.97. The minimum atomic E-state index is -0.0677. The Balaban J connectivity index is 1.67. The topological polar surface area (TPSA) is 48.0 Å². The van der Waals surface area contributed by atoms with Crippen molar-refractivity contribution < 1.29 is 19.0 Å².